The van der Waals surface area contributed by atoms with Gasteiger partial charge in [-0.15, -0.1) is 12.3 Å². The summed E-state index contributed by atoms with van der Waals surface area (Å²) in [6, 6.07) is 1.83. The largest absolute Gasteiger partial charge is 0.416 e. The van der Waals surface area contributed by atoms with Crippen molar-refractivity contribution in [2.45, 2.75) is 18.6 Å². The third kappa shape index (κ3) is 4.23. The van der Waals surface area contributed by atoms with Crippen molar-refractivity contribution in [3.63, 3.8) is 0 Å². The van der Waals surface area contributed by atoms with Crippen LogP contribution in [0.5, 0.6) is 0 Å². The molecule has 1 unspecified atom stereocenters. The van der Waals surface area contributed by atoms with Crippen LogP contribution in [0.2, 0.25) is 0 Å². The molecule has 2 nitrogen and oxygen atoms in total. The van der Waals surface area contributed by atoms with Crippen LogP contribution < -0.4 is 11.1 Å². The van der Waals surface area contributed by atoms with E-state index in [0.29, 0.717) is 19.0 Å². The van der Waals surface area contributed by atoms with Crippen LogP contribution in [0.25, 0.3) is 0 Å². The van der Waals surface area contributed by atoms with Gasteiger partial charge in [-0.3, -0.25) is 0 Å². The first-order valence-electron chi connectivity index (χ1n) is 5.63. The topological polar surface area (TPSA) is 38.0 Å². The van der Waals surface area contributed by atoms with Crippen LogP contribution in [0.4, 0.5) is 17.6 Å². The molecular weight excluding hydrogens is 260 g/mol. The molecule has 0 heterocycles. The van der Waals surface area contributed by atoms with Crippen molar-refractivity contribution in [2.75, 3.05) is 13.1 Å². The fourth-order valence-electron chi connectivity index (χ4n) is 1.72. The summed E-state index contributed by atoms with van der Waals surface area (Å²) < 4.78 is 51.5. The number of hydrogen-bond donors (Lipinski definition) is 2. The van der Waals surface area contributed by atoms with Gasteiger partial charge in [0.1, 0.15) is 5.82 Å². The lowest BCUT2D eigenvalue weighted by Crippen LogP contribution is -2.31. The first kappa shape index (κ1) is 15.5. The van der Waals surface area contributed by atoms with Crippen LogP contribution in [0.3, 0.4) is 0 Å². The van der Waals surface area contributed by atoms with E-state index in [4.69, 9.17) is 12.2 Å². The second-order valence-corrected chi connectivity index (χ2v) is 3.93. The average molecular weight is 274 g/mol. The van der Waals surface area contributed by atoms with Crippen molar-refractivity contribution in [1.29, 1.82) is 0 Å². The monoisotopic (exact) mass is 274 g/mol. The lowest BCUT2D eigenvalue weighted by Gasteiger charge is -2.21. The first-order valence-corrected chi connectivity index (χ1v) is 5.63. The van der Waals surface area contributed by atoms with Gasteiger partial charge in [0.15, 0.2) is 0 Å². The summed E-state index contributed by atoms with van der Waals surface area (Å²) >= 11 is 0. The van der Waals surface area contributed by atoms with E-state index in [-0.39, 0.29) is 12.1 Å². The maximum absolute atomic E-state index is 13.0. The fourth-order valence-corrected chi connectivity index (χ4v) is 1.72. The van der Waals surface area contributed by atoms with Crippen molar-refractivity contribution in [3.05, 3.63) is 35.1 Å². The van der Waals surface area contributed by atoms with Gasteiger partial charge >= 0.3 is 6.18 Å². The summed E-state index contributed by atoms with van der Waals surface area (Å²) in [7, 11) is 0. The van der Waals surface area contributed by atoms with Gasteiger partial charge in [-0.25, -0.2) is 4.39 Å². The van der Waals surface area contributed by atoms with Crippen molar-refractivity contribution >= 4 is 0 Å². The molecule has 19 heavy (non-hydrogen) atoms. The van der Waals surface area contributed by atoms with Crippen LogP contribution in [0.15, 0.2) is 18.2 Å². The van der Waals surface area contributed by atoms with Gasteiger partial charge in [-0.05, 0) is 17.7 Å². The summed E-state index contributed by atoms with van der Waals surface area (Å²) in [4.78, 5) is 0. The Balaban J connectivity index is 3.06. The van der Waals surface area contributed by atoms with E-state index in [1.165, 1.54) is 0 Å². The molecule has 0 aliphatic carbocycles. The van der Waals surface area contributed by atoms with Gasteiger partial charge in [0.05, 0.1) is 5.56 Å². The van der Waals surface area contributed by atoms with E-state index in [1.54, 1.807) is 0 Å². The van der Waals surface area contributed by atoms with Gasteiger partial charge in [-0.2, -0.15) is 13.2 Å². The summed E-state index contributed by atoms with van der Waals surface area (Å²) in [5, 5.41) is 2.83. The Morgan fingerprint density at radius 3 is 2.58 bits per heavy atom. The average Bonchev–Trinajstić information content (AvgIpc) is 2.34. The Bertz CT molecular complexity index is 463. The van der Waals surface area contributed by atoms with E-state index in [2.05, 4.69) is 11.2 Å². The van der Waals surface area contributed by atoms with Gasteiger partial charge in [0.2, 0.25) is 0 Å². The minimum Gasteiger partial charge on any atom is -0.329 e. The van der Waals surface area contributed by atoms with E-state index >= 15 is 0 Å². The molecule has 1 atom stereocenters. The number of benzene rings is 1. The van der Waals surface area contributed by atoms with Gasteiger partial charge < -0.3 is 11.1 Å². The lowest BCUT2D eigenvalue weighted by molar-refractivity contribution is -0.138. The molecule has 0 amide bonds. The fraction of sp³-hybridized carbons (Fsp3) is 0.385. The predicted molar refractivity (Wildman–Crippen MR) is 64.7 cm³/mol. The van der Waals surface area contributed by atoms with E-state index < -0.39 is 23.6 Å². The number of alkyl halides is 3. The van der Waals surface area contributed by atoms with Crippen LogP contribution >= 0.6 is 0 Å². The second kappa shape index (κ2) is 6.55. The molecule has 0 fully saturated rings. The third-order valence-electron chi connectivity index (χ3n) is 2.59. The molecule has 0 saturated carbocycles. The highest BCUT2D eigenvalue weighted by molar-refractivity contribution is 5.33. The molecule has 0 aliphatic heterocycles. The molecule has 6 heteroatoms. The lowest BCUT2D eigenvalue weighted by atomic mass is 9.99. The molecular formula is C13H14F4N2. The maximum atomic E-state index is 13.0. The Morgan fingerprint density at radius 2 is 2.05 bits per heavy atom. The summed E-state index contributed by atoms with van der Waals surface area (Å²) in [5.74, 6) is 1.43. The molecule has 0 saturated heterocycles. The van der Waals surface area contributed by atoms with Gasteiger partial charge in [0, 0.05) is 25.6 Å². The Kier molecular flexibility index (Phi) is 5.33. The smallest absolute Gasteiger partial charge is 0.329 e. The molecule has 1 aromatic rings. The number of halogens is 4. The normalized spacial score (nSPS) is 13.1. The summed E-state index contributed by atoms with van der Waals surface area (Å²) in [5.41, 5.74) is 4.37. The summed E-state index contributed by atoms with van der Waals surface area (Å²) in [6.07, 6.45) is 0.811. The van der Waals surface area contributed by atoms with Crippen molar-refractivity contribution < 1.29 is 17.6 Å². The van der Waals surface area contributed by atoms with Crippen molar-refractivity contribution in [2.24, 2.45) is 5.73 Å². The number of terminal acetylenes is 1. The van der Waals surface area contributed by atoms with Crippen molar-refractivity contribution in [3.8, 4) is 12.3 Å². The number of nitrogens with one attached hydrogen (secondary N) is 1. The highest BCUT2D eigenvalue weighted by atomic mass is 19.4. The maximum Gasteiger partial charge on any atom is 0.416 e. The van der Waals surface area contributed by atoms with Gasteiger partial charge in [-0.1, -0.05) is 6.07 Å². The zero-order valence-corrected chi connectivity index (χ0v) is 10.1. The highest BCUT2D eigenvalue weighted by Crippen LogP contribution is 2.34. The predicted octanol–water partition coefficient (Wildman–Crippen LogP) is 2.46. The Hall–Kier alpha value is -1.58. The minimum atomic E-state index is -4.63. The molecule has 0 radical (unpaired) electrons. The molecule has 1 rings (SSSR count). The van der Waals surface area contributed by atoms with Crippen molar-refractivity contribution in [1.82, 2.24) is 5.32 Å². The zero-order chi connectivity index (χ0) is 14.5. The number of nitrogens with two attached hydrogens (primary N) is 1. The molecule has 0 aromatic heterocycles. The zero-order valence-electron chi connectivity index (χ0n) is 10.1. The quantitative estimate of drug-likeness (QED) is 0.492. The van der Waals surface area contributed by atoms with Crippen LogP contribution in [0, 0.1) is 18.2 Å². The third-order valence-corrected chi connectivity index (χ3v) is 2.59. The number of rotatable bonds is 5. The number of hydrogen-bond acceptors (Lipinski definition) is 2. The molecule has 0 spiro atoms. The molecule has 0 aliphatic rings. The molecule has 0 bridgehead atoms. The molecule has 104 valence electrons. The van der Waals surface area contributed by atoms with Gasteiger partial charge in [0.25, 0.3) is 0 Å². The van der Waals surface area contributed by atoms with Crippen LogP contribution in [-0.4, -0.2) is 13.1 Å². The molecule has 1 aromatic carbocycles. The second-order valence-electron chi connectivity index (χ2n) is 3.93. The Morgan fingerprint density at radius 1 is 1.37 bits per heavy atom. The minimum absolute atomic E-state index is 0.0424. The van der Waals surface area contributed by atoms with Crippen LogP contribution in [-0.2, 0) is 6.18 Å². The van der Waals surface area contributed by atoms with E-state index in [9.17, 15) is 17.6 Å². The standard InChI is InChI=1S/C13H14F4N2/c1-2-3-6-19-12(8-18)10-5-4-9(14)7-11(10)13(15,16)17/h1,4-5,7,12,19H,3,6,8,18H2. The highest BCUT2D eigenvalue weighted by Gasteiger charge is 2.35. The first-order chi connectivity index (χ1) is 8.90. The molecule has 3 N–H and O–H groups in total. The SMILES string of the molecule is C#CCCNC(CN)c1ccc(F)cc1C(F)(F)F. The van der Waals surface area contributed by atoms with Crippen LogP contribution in [0.1, 0.15) is 23.6 Å². The van der Waals surface area contributed by atoms with E-state index in [1.807, 2.05) is 0 Å². The van der Waals surface area contributed by atoms with E-state index in [0.717, 1.165) is 12.1 Å². The Labute approximate surface area is 109 Å². The summed E-state index contributed by atoms with van der Waals surface area (Å²) in [6.45, 7) is 0.298.